The van der Waals surface area contributed by atoms with Gasteiger partial charge in [-0.3, -0.25) is 10.1 Å². The van der Waals surface area contributed by atoms with E-state index in [4.69, 9.17) is 9.47 Å². The predicted octanol–water partition coefficient (Wildman–Crippen LogP) is 3.61. The van der Waals surface area contributed by atoms with Crippen molar-refractivity contribution in [3.05, 3.63) is 54.1 Å². The summed E-state index contributed by atoms with van der Waals surface area (Å²) < 4.78 is 11.0. The Balaban J connectivity index is 1.66. The second-order valence-electron chi connectivity index (χ2n) is 6.86. The van der Waals surface area contributed by atoms with Gasteiger partial charge in [0.05, 0.1) is 25.4 Å². The maximum atomic E-state index is 12.9. The molecule has 2 amide bonds. The smallest absolute Gasteiger partial charge is 0.411 e. The first-order valence-corrected chi connectivity index (χ1v) is 9.81. The molecule has 0 saturated carbocycles. The molecule has 0 fully saturated rings. The molecule has 154 valence electrons. The van der Waals surface area contributed by atoms with Gasteiger partial charge < -0.3 is 19.3 Å². The summed E-state index contributed by atoms with van der Waals surface area (Å²) in [7, 11) is 1.76. The number of benzene rings is 2. The fourth-order valence-electron chi connectivity index (χ4n) is 3.40. The van der Waals surface area contributed by atoms with Gasteiger partial charge in [0.25, 0.3) is 5.91 Å². The van der Waals surface area contributed by atoms with Gasteiger partial charge in [0, 0.05) is 24.8 Å². The summed E-state index contributed by atoms with van der Waals surface area (Å²) in [6.45, 7) is 6.17. The van der Waals surface area contributed by atoms with Gasteiger partial charge in [-0.15, -0.1) is 0 Å². The average molecular weight is 397 g/mol. The number of hydrogen-bond acceptors (Lipinski definition) is 5. The molecule has 1 N–H and O–H groups in total. The number of fused-ring (bicyclic) bond motifs is 1. The number of carbonyl (C=O) groups is 2. The van der Waals surface area contributed by atoms with Gasteiger partial charge in [0.15, 0.2) is 0 Å². The lowest BCUT2D eigenvalue weighted by atomic mass is 10.1. The molecule has 0 saturated heterocycles. The Hall–Kier alpha value is -3.22. The van der Waals surface area contributed by atoms with Crippen LogP contribution in [0.5, 0.6) is 5.75 Å². The molecule has 0 spiro atoms. The number of likely N-dealkylation sites (N-methyl/N-ethyl adjacent to an activating group) is 2. The summed E-state index contributed by atoms with van der Waals surface area (Å²) >= 11 is 0. The molecule has 29 heavy (non-hydrogen) atoms. The topological polar surface area (TPSA) is 71.1 Å². The summed E-state index contributed by atoms with van der Waals surface area (Å²) in [5.41, 5.74) is 2.09. The van der Waals surface area contributed by atoms with E-state index in [1.165, 1.54) is 0 Å². The van der Waals surface area contributed by atoms with Crippen molar-refractivity contribution in [2.45, 2.75) is 20.0 Å². The van der Waals surface area contributed by atoms with Crippen molar-refractivity contribution in [2.75, 3.05) is 43.5 Å². The molecule has 2 aromatic carbocycles. The third-order valence-corrected chi connectivity index (χ3v) is 4.76. The van der Waals surface area contributed by atoms with Crippen LogP contribution in [0, 0.1) is 0 Å². The highest BCUT2D eigenvalue weighted by Gasteiger charge is 2.27. The fourth-order valence-corrected chi connectivity index (χ4v) is 3.40. The Labute approximate surface area is 171 Å². The number of rotatable bonds is 6. The van der Waals surface area contributed by atoms with Gasteiger partial charge in [-0.1, -0.05) is 18.2 Å². The van der Waals surface area contributed by atoms with E-state index in [1.54, 1.807) is 43.1 Å². The largest absolute Gasteiger partial charge is 0.485 e. The SMILES string of the molecule is CCOC(=O)Nc1cccc(C(=O)N(C)CC2CN(CC)c3ccccc3O2)c1. The molecule has 7 heteroatoms. The van der Waals surface area contributed by atoms with Crippen LogP contribution < -0.4 is 15.0 Å². The van der Waals surface area contributed by atoms with E-state index >= 15 is 0 Å². The number of amides is 2. The Kier molecular flexibility index (Phi) is 6.59. The zero-order valence-corrected chi connectivity index (χ0v) is 17.1. The number of nitrogens with zero attached hydrogens (tertiary/aromatic N) is 2. The Bertz CT molecular complexity index is 871. The van der Waals surface area contributed by atoms with E-state index in [-0.39, 0.29) is 18.6 Å². The normalized spacial score (nSPS) is 15.1. The lowest BCUT2D eigenvalue weighted by Gasteiger charge is -2.37. The highest BCUT2D eigenvalue weighted by Crippen LogP contribution is 2.32. The molecule has 2 aromatic rings. The lowest BCUT2D eigenvalue weighted by molar-refractivity contribution is 0.0709. The van der Waals surface area contributed by atoms with Crippen LogP contribution in [0.1, 0.15) is 24.2 Å². The summed E-state index contributed by atoms with van der Waals surface area (Å²) in [6.07, 6.45) is -0.668. The van der Waals surface area contributed by atoms with Gasteiger partial charge in [0.2, 0.25) is 0 Å². The molecule has 0 bridgehead atoms. The zero-order chi connectivity index (χ0) is 20.8. The molecule has 1 unspecified atom stereocenters. The van der Waals surface area contributed by atoms with Crippen molar-refractivity contribution in [2.24, 2.45) is 0 Å². The molecule has 1 aliphatic rings. The lowest BCUT2D eigenvalue weighted by Crippen LogP contribution is -2.46. The predicted molar refractivity (Wildman–Crippen MR) is 113 cm³/mol. The quantitative estimate of drug-likeness (QED) is 0.806. The summed E-state index contributed by atoms with van der Waals surface area (Å²) in [6, 6.07) is 14.8. The van der Waals surface area contributed by atoms with Gasteiger partial charge in [-0.25, -0.2) is 4.79 Å². The van der Waals surface area contributed by atoms with E-state index < -0.39 is 6.09 Å². The maximum Gasteiger partial charge on any atom is 0.411 e. The van der Waals surface area contributed by atoms with Gasteiger partial charge in [-0.2, -0.15) is 0 Å². The van der Waals surface area contributed by atoms with E-state index in [0.717, 1.165) is 24.5 Å². The van der Waals surface area contributed by atoms with Crippen molar-refractivity contribution in [3.8, 4) is 5.75 Å². The van der Waals surface area contributed by atoms with Crippen LogP contribution in [0.2, 0.25) is 0 Å². The third-order valence-electron chi connectivity index (χ3n) is 4.76. The average Bonchev–Trinajstić information content (AvgIpc) is 2.72. The minimum atomic E-state index is -0.542. The van der Waals surface area contributed by atoms with Crippen molar-refractivity contribution in [1.29, 1.82) is 0 Å². The molecule has 0 radical (unpaired) electrons. The number of nitrogens with one attached hydrogen (secondary N) is 1. The highest BCUT2D eigenvalue weighted by atomic mass is 16.5. The van der Waals surface area contributed by atoms with Crippen molar-refractivity contribution in [3.63, 3.8) is 0 Å². The van der Waals surface area contributed by atoms with E-state index in [0.29, 0.717) is 17.8 Å². The van der Waals surface area contributed by atoms with Crippen LogP contribution in [0.15, 0.2) is 48.5 Å². The Morgan fingerprint density at radius 3 is 2.76 bits per heavy atom. The van der Waals surface area contributed by atoms with Gasteiger partial charge in [0.1, 0.15) is 11.9 Å². The van der Waals surface area contributed by atoms with Crippen LogP contribution in [-0.4, -0.2) is 56.3 Å². The van der Waals surface area contributed by atoms with Crippen LogP contribution >= 0.6 is 0 Å². The van der Waals surface area contributed by atoms with E-state index in [1.807, 2.05) is 24.3 Å². The fraction of sp³-hybridized carbons (Fsp3) is 0.364. The summed E-state index contributed by atoms with van der Waals surface area (Å²) in [5.74, 6) is 0.704. The van der Waals surface area contributed by atoms with Crippen molar-refractivity contribution in [1.82, 2.24) is 4.90 Å². The maximum absolute atomic E-state index is 12.9. The molecule has 7 nitrogen and oxygen atoms in total. The molecular formula is C22H27N3O4. The summed E-state index contributed by atoms with van der Waals surface area (Å²) in [4.78, 5) is 28.4. The van der Waals surface area contributed by atoms with Crippen LogP contribution in [-0.2, 0) is 4.74 Å². The monoisotopic (exact) mass is 397 g/mol. The number of para-hydroxylation sites is 2. The number of carbonyl (C=O) groups excluding carboxylic acids is 2. The van der Waals surface area contributed by atoms with Crippen molar-refractivity contribution >= 4 is 23.4 Å². The third kappa shape index (κ3) is 4.99. The van der Waals surface area contributed by atoms with Crippen LogP contribution in [0.3, 0.4) is 0 Å². The van der Waals surface area contributed by atoms with Crippen molar-refractivity contribution < 1.29 is 19.1 Å². The number of hydrogen-bond donors (Lipinski definition) is 1. The van der Waals surface area contributed by atoms with E-state index in [9.17, 15) is 9.59 Å². The van der Waals surface area contributed by atoms with Crippen LogP contribution in [0.25, 0.3) is 0 Å². The highest BCUT2D eigenvalue weighted by molar-refractivity contribution is 5.96. The Morgan fingerprint density at radius 2 is 2.00 bits per heavy atom. The molecule has 1 heterocycles. The molecule has 1 aliphatic heterocycles. The molecule has 1 atom stereocenters. The van der Waals surface area contributed by atoms with Gasteiger partial charge >= 0.3 is 6.09 Å². The minimum absolute atomic E-state index is 0.125. The molecule has 0 aromatic heterocycles. The molecular weight excluding hydrogens is 370 g/mol. The molecule has 3 rings (SSSR count). The first-order chi connectivity index (χ1) is 14.0. The second-order valence-corrected chi connectivity index (χ2v) is 6.86. The zero-order valence-electron chi connectivity index (χ0n) is 17.1. The second kappa shape index (κ2) is 9.32. The molecule has 0 aliphatic carbocycles. The first-order valence-electron chi connectivity index (χ1n) is 9.81. The van der Waals surface area contributed by atoms with Gasteiger partial charge in [-0.05, 0) is 44.2 Å². The first kappa shape index (κ1) is 20.5. The van der Waals surface area contributed by atoms with E-state index in [2.05, 4.69) is 17.1 Å². The minimum Gasteiger partial charge on any atom is -0.485 e. The number of ether oxygens (including phenoxy) is 2. The number of anilines is 2. The standard InChI is InChI=1S/C22H27N3O4/c1-4-25-15-18(29-20-12-7-6-11-19(20)25)14-24(3)21(26)16-9-8-10-17(13-16)23-22(27)28-5-2/h6-13,18H,4-5,14-15H2,1-3H3,(H,23,27). The summed E-state index contributed by atoms with van der Waals surface area (Å²) in [5, 5.41) is 2.62. The Morgan fingerprint density at radius 1 is 1.21 bits per heavy atom. The van der Waals surface area contributed by atoms with Crippen LogP contribution in [0.4, 0.5) is 16.2 Å².